The fraction of sp³-hybridized carbons (Fsp3) is 0.545. The minimum atomic E-state index is -2.73. The third-order valence-corrected chi connectivity index (χ3v) is 18.7. The molecule has 0 atom stereocenters. The van der Waals surface area contributed by atoms with E-state index in [9.17, 15) is 8.78 Å². The number of hydrogen-bond donors (Lipinski definition) is 2. The van der Waals surface area contributed by atoms with E-state index in [-0.39, 0.29) is 19.5 Å². The normalized spacial score (nSPS) is 23.6. The second-order valence-electron chi connectivity index (χ2n) is 8.34. The quantitative estimate of drug-likeness (QED) is 0.238. The van der Waals surface area contributed by atoms with E-state index in [1.807, 2.05) is 4.90 Å². The molecule has 11 heteroatoms. The number of alkyl halides is 6. The van der Waals surface area contributed by atoms with Crippen molar-refractivity contribution in [3.8, 4) is 0 Å². The summed E-state index contributed by atoms with van der Waals surface area (Å²) in [6.45, 7) is 3.00. The van der Waals surface area contributed by atoms with Gasteiger partial charge < -0.3 is 0 Å². The molecule has 3 aliphatic heterocycles. The number of halogens is 4. The number of nitrogens with one attached hydrogen (secondary N) is 1. The number of allylic oxidation sites excluding steroid dienone is 4. The standard InChI is InChI=1S/C22H28F2I2N6O/c23-22(24)6-7-32(13-22)20-17(27)19(29-21(30-20)31-8-10-33-11-9-31)28-12-15-4-2-1-3-5-16(15)18-25-14-26-18/h1-4,18H,5-14,27H2,(H,28,29,30)/q-2. The number of anilines is 4. The van der Waals surface area contributed by atoms with Crippen LogP contribution in [0.4, 0.5) is 32.1 Å². The molecule has 0 spiro atoms. The summed E-state index contributed by atoms with van der Waals surface area (Å²) in [7, 11) is 0. The van der Waals surface area contributed by atoms with Gasteiger partial charge in [0.05, 0.1) is 0 Å². The molecule has 0 radical (unpaired) electrons. The minimum absolute atomic E-state index is 0.187. The van der Waals surface area contributed by atoms with Gasteiger partial charge >= 0.3 is 215 Å². The van der Waals surface area contributed by atoms with Crippen molar-refractivity contribution in [1.82, 2.24) is 9.97 Å². The Bertz CT molecular complexity index is 976. The molecule has 3 fully saturated rings. The molecule has 182 valence electrons. The molecule has 4 aliphatic rings. The van der Waals surface area contributed by atoms with Crippen molar-refractivity contribution in [3.05, 3.63) is 35.5 Å². The number of nitrogen functional groups attached to an aromatic ring is 1. The third-order valence-electron chi connectivity index (χ3n) is 6.07. The van der Waals surface area contributed by atoms with Crippen LogP contribution < -0.4 is 63.3 Å². The first kappa shape index (κ1) is 23.5. The predicted molar refractivity (Wildman–Crippen MR) is 118 cm³/mol. The van der Waals surface area contributed by atoms with E-state index in [2.05, 4.69) is 34.6 Å². The van der Waals surface area contributed by atoms with E-state index >= 15 is 0 Å². The van der Waals surface area contributed by atoms with Gasteiger partial charge in [-0.1, -0.05) is 0 Å². The van der Waals surface area contributed by atoms with Crippen molar-refractivity contribution < 1.29 is 55.9 Å². The second-order valence-corrected chi connectivity index (χ2v) is 19.4. The maximum atomic E-state index is 14.0. The van der Waals surface area contributed by atoms with Crippen molar-refractivity contribution in [2.75, 3.05) is 69.2 Å². The number of rotatable bonds is 6. The predicted octanol–water partition coefficient (Wildman–Crippen LogP) is -3.56. The molecule has 4 heterocycles. The summed E-state index contributed by atoms with van der Waals surface area (Å²) in [6.07, 6.45) is 9.48. The molecule has 1 aliphatic carbocycles. The molecule has 0 unspecified atom stereocenters. The van der Waals surface area contributed by atoms with Crippen LogP contribution in [-0.4, -0.2) is 66.2 Å². The molecule has 1 aromatic heterocycles. The zero-order valence-electron chi connectivity index (χ0n) is 18.2. The molecule has 3 N–H and O–H groups in total. The number of ether oxygens (including phenoxy) is 1. The average molecular weight is 684 g/mol. The first-order valence-electron chi connectivity index (χ1n) is 11.1. The molecule has 0 aromatic carbocycles. The summed E-state index contributed by atoms with van der Waals surface area (Å²) in [4.78, 5) is 13.0. The Morgan fingerprint density at radius 3 is 2.67 bits per heavy atom. The summed E-state index contributed by atoms with van der Waals surface area (Å²) < 4.78 is 35.8. The number of aromatic nitrogens is 2. The van der Waals surface area contributed by atoms with Gasteiger partial charge in [-0.25, -0.2) is 0 Å². The van der Waals surface area contributed by atoms with Crippen molar-refractivity contribution in [2.45, 2.75) is 20.7 Å². The second kappa shape index (κ2) is 10.2. The van der Waals surface area contributed by atoms with E-state index in [4.69, 9.17) is 15.5 Å². The van der Waals surface area contributed by atoms with Crippen LogP contribution >= 0.6 is 0 Å². The van der Waals surface area contributed by atoms with Gasteiger partial charge in [0.15, 0.2) is 0 Å². The van der Waals surface area contributed by atoms with Crippen LogP contribution in [0.3, 0.4) is 0 Å². The van der Waals surface area contributed by atoms with E-state index in [1.54, 1.807) is 10.5 Å². The van der Waals surface area contributed by atoms with Gasteiger partial charge in [0, 0.05) is 0 Å². The van der Waals surface area contributed by atoms with Crippen molar-refractivity contribution in [2.24, 2.45) is 0 Å². The van der Waals surface area contributed by atoms with Crippen LogP contribution in [0.25, 0.3) is 0 Å². The number of hydrogen-bond acceptors (Lipinski definition) is 7. The Morgan fingerprint density at radius 1 is 1.15 bits per heavy atom. The summed E-state index contributed by atoms with van der Waals surface area (Å²) >= 11 is 0.601. The molecule has 0 amide bonds. The number of nitrogens with two attached hydrogens (primary N) is 1. The Kier molecular flexibility index (Phi) is 7.26. The Labute approximate surface area is 213 Å². The van der Waals surface area contributed by atoms with E-state index in [1.165, 1.54) is 8.01 Å². The SMILES string of the molecule is Nc1c(NCC2=C(C3[I-]C[I-]3)CC=CC=C2)nc(N2CCOCC2)nc1N1CCC(F)(F)C1. The topological polar surface area (TPSA) is 79.5 Å². The molecule has 33 heavy (non-hydrogen) atoms. The van der Waals surface area contributed by atoms with Gasteiger partial charge in [-0.2, -0.15) is 0 Å². The van der Waals surface area contributed by atoms with Gasteiger partial charge in [-0.3, -0.25) is 0 Å². The molecule has 7 nitrogen and oxygen atoms in total. The van der Waals surface area contributed by atoms with Crippen molar-refractivity contribution in [1.29, 1.82) is 0 Å². The zero-order chi connectivity index (χ0) is 22.8. The third kappa shape index (κ3) is 5.39. The molecule has 0 saturated carbocycles. The van der Waals surface area contributed by atoms with Crippen LogP contribution in [0.5, 0.6) is 0 Å². The summed E-state index contributed by atoms with van der Waals surface area (Å²) in [6, 6.07) is 0. The first-order valence-corrected chi connectivity index (χ1v) is 16.6. The summed E-state index contributed by atoms with van der Waals surface area (Å²) in [5, 5.41) is 3.45. The monoisotopic (exact) mass is 684 g/mol. The molecule has 3 saturated heterocycles. The molecular weight excluding hydrogens is 656 g/mol. The average Bonchev–Trinajstić information content (AvgIpc) is 2.99. The van der Waals surface area contributed by atoms with Crippen LogP contribution in [0.2, 0.25) is 0 Å². The Balaban J connectivity index is 1.44. The van der Waals surface area contributed by atoms with Crippen LogP contribution in [0, 0.1) is 0 Å². The number of nitrogens with zero attached hydrogens (tertiary/aromatic N) is 4. The van der Waals surface area contributed by atoms with Crippen LogP contribution in [0.15, 0.2) is 35.5 Å². The molecular formula is C22H28F2I2N6O-2. The fourth-order valence-corrected chi connectivity index (χ4v) is 11.7. The van der Waals surface area contributed by atoms with E-state index in [0.29, 0.717) is 98.5 Å². The summed E-state index contributed by atoms with van der Waals surface area (Å²) in [5.74, 6) is -1.29. The van der Waals surface area contributed by atoms with Crippen LogP contribution in [0.1, 0.15) is 12.8 Å². The number of morpholine rings is 1. The fourth-order valence-electron chi connectivity index (χ4n) is 4.21. The van der Waals surface area contributed by atoms with Crippen LogP contribution in [-0.2, 0) is 4.74 Å². The Morgan fingerprint density at radius 2 is 1.97 bits per heavy atom. The van der Waals surface area contributed by atoms with Gasteiger partial charge in [0.2, 0.25) is 0 Å². The van der Waals surface area contributed by atoms with Crippen molar-refractivity contribution >= 4 is 23.3 Å². The summed E-state index contributed by atoms with van der Waals surface area (Å²) in [5.41, 5.74) is 9.69. The van der Waals surface area contributed by atoms with E-state index < -0.39 is 5.92 Å². The Hall–Kier alpha value is -1.22. The molecule has 5 rings (SSSR count). The van der Waals surface area contributed by atoms with Gasteiger partial charge in [-0.05, 0) is 0 Å². The van der Waals surface area contributed by atoms with Gasteiger partial charge in [-0.15, -0.1) is 0 Å². The molecule has 0 bridgehead atoms. The van der Waals surface area contributed by atoms with E-state index in [0.717, 1.165) is 8.35 Å². The first-order chi connectivity index (χ1) is 16.0. The maximum absolute atomic E-state index is 14.0. The molecule has 1 aromatic rings. The van der Waals surface area contributed by atoms with Gasteiger partial charge in [0.1, 0.15) is 0 Å². The zero-order valence-corrected chi connectivity index (χ0v) is 22.6. The van der Waals surface area contributed by atoms with Gasteiger partial charge in [0.25, 0.3) is 0 Å². The van der Waals surface area contributed by atoms with Crippen molar-refractivity contribution in [3.63, 3.8) is 0 Å².